The highest BCUT2D eigenvalue weighted by Crippen LogP contribution is 2.19. The third-order valence-electron chi connectivity index (χ3n) is 1.97. The average molecular weight is 312 g/mol. The molecule has 7 heteroatoms. The van der Waals surface area contributed by atoms with E-state index in [1.54, 1.807) is 18.2 Å². The minimum absolute atomic E-state index is 0.0274. The van der Waals surface area contributed by atoms with Crippen LogP contribution in [0.2, 0.25) is 0 Å². The highest BCUT2D eigenvalue weighted by molar-refractivity contribution is 9.10. The molecule has 0 radical (unpaired) electrons. The fraction of sp³-hybridized carbons (Fsp3) is 0.182. The first-order valence-electron chi connectivity index (χ1n) is 4.99. The Labute approximate surface area is 112 Å². The second-order valence-corrected chi connectivity index (χ2v) is 4.24. The van der Waals surface area contributed by atoms with Gasteiger partial charge in [-0.2, -0.15) is 5.26 Å². The van der Waals surface area contributed by atoms with Crippen LogP contribution in [0.3, 0.4) is 0 Å². The smallest absolute Gasteiger partial charge is 0.319 e. The first-order chi connectivity index (χ1) is 8.52. The zero-order valence-corrected chi connectivity index (χ0v) is 10.8. The quantitative estimate of drug-likeness (QED) is 0.790. The van der Waals surface area contributed by atoms with Crippen LogP contribution in [-0.4, -0.2) is 23.7 Å². The Morgan fingerprint density at radius 2 is 2.17 bits per heavy atom. The predicted molar refractivity (Wildman–Crippen MR) is 68.1 cm³/mol. The number of benzene rings is 1. The summed E-state index contributed by atoms with van der Waals surface area (Å²) in [6.45, 7) is 0.0274. The number of carbonyl (C=O) groups excluding carboxylic acids is 1. The van der Waals surface area contributed by atoms with E-state index in [2.05, 4.69) is 26.6 Å². The fourth-order valence-electron chi connectivity index (χ4n) is 1.17. The van der Waals surface area contributed by atoms with Gasteiger partial charge in [0.15, 0.2) is 0 Å². The number of nitriles is 1. The summed E-state index contributed by atoms with van der Waals surface area (Å²) < 4.78 is 0.732. The van der Waals surface area contributed by atoms with Crippen molar-refractivity contribution in [2.75, 3.05) is 11.9 Å². The Hall–Kier alpha value is -2.07. The van der Waals surface area contributed by atoms with Crippen molar-refractivity contribution >= 4 is 33.6 Å². The summed E-state index contributed by atoms with van der Waals surface area (Å²) >= 11 is 3.22. The maximum absolute atomic E-state index is 11.4. The molecule has 1 aromatic carbocycles. The van der Waals surface area contributed by atoms with Crippen LogP contribution in [0.5, 0.6) is 0 Å². The number of carboxylic acid groups (broad SMARTS) is 1. The van der Waals surface area contributed by atoms with Crippen molar-refractivity contribution < 1.29 is 14.7 Å². The lowest BCUT2D eigenvalue weighted by Gasteiger charge is -2.08. The average Bonchev–Trinajstić information content (AvgIpc) is 2.31. The Morgan fingerprint density at radius 3 is 2.78 bits per heavy atom. The second-order valence-electron chi connectivity index (χ2n) is 3.33. The van der Waals surface area contributed by atoms with Gasteiger partial charge in [0.05, 0.1) is 17.7 Å². The molecule has 0 spiro atoms. The zero-order chi connectivity index (χ0) is 13.5. The number of nitrogens with one attached hydrogen (secondary N) is 2. The molecule has 6 nitrogen and oxygen atoms in total. The van der Waals surface area contributed by atoms with Crippen molar-refractivity contribution in [2.24, 2.45) is 0 Å². The predicted octanol–water partition coefficient (Wildman–Crippen LogP) is 1.92. The monoisotopic (exact) mass is 311 g/mol. The van der Waals surface area contributed by atoms with E-state index < -0.39 is 12.0 Å². The maximum atomic E-state index is 11.4. The molecule has 0 saturated heterocycles. The van der Waals surface area contributed by atoms with E-state index in [0.29, 0.717) is 11.3 Å². The molecule has 18 heavy (non-hydrogen) atoms. The lowest BCUT2D eigenvalue weighted by molar-refractivity contribution is -0.136. The SMILES string of the molecule is N#Cc1cc(Br)ccc1NC(=O)NCCC(=O)O. The van der Waals surface area contributed by atoms with Crippen molar-refractivity contribution in [3.8, 4) is 6.07 Å². The number of anilines is 1. The Balaban J connectivity index is 2.59. The summed E-state index contributed by atoms with van der Waals surface area (Å²) in [4.78, 5) is 21.7. The van der Waals surface area contributed by atoms with Crippen LogP contribution in [0.4, 0.5) is 10.5 Å². The van der Waals surface area contributed by atoms with Gasteiger partial charge in [0.2, 0.25) is 0 Å². The second kappa shape index (κ2) is 6.61. The summed E-state index contributed by atoms with van der Waals surface area (Å²) in [5.41, 5.74) is 0.686. The molecule has 0 bridgehead atoms. The van der Waals surface area contributed by atoms with Crippen molar-refractivity contribution in [1.29, 1.82) is 5.26 Å². The van der Waals surface area contributed by atoms with E-state index >= 15 is 0 Å². The lowest BCUT2D eigenvalue weighted by Crippen LogP contribution is -2.30. The minimum atomic E-state index is -0.989. The summed E-state index contributed by atoms with van der Waals surface area (Å²) in [5, 5.41) is 22.1. The van der Waals surface area contributed by atoms with E-state index in [1.165, 1.54) is 0 Å². The first-order valence-corrected chi connectivity index (χ1v) is 5.78. The minimum Gasteiger partial charge on any atom is -0.481 e. The summed E-state index contributed by atoms with van der Waals surface area (Å²) in [6, 6.07) is 6.25. The van der Waals surface area contributed by atoms with Crippen LogP contribution in [0, 0.1) is 11.3 Å². The van der Waals surface area contributed by atoms with Crippen LogP contribution in [-0.2, 0) is 4.79 Å². The van der Waals surface area contributed by atoms with Crippen LogP contribution < -0.4 is 10.6 Å². The van der Waals surface area contributed by atoms with Crippen LogP contribution >= 0.6 is 15.9 Å². The highest BCUT2D eigenvalue weighted by atomic mass is 79.9. The van der Waals surface area contributed by atoms with Crippen molar-refractivity contribution in [3.63, 3.8) is 0 Å². The number of aliphatic carboxylic acids is 1. The van der Waals surface area contributed by atoms with E-state index in [0.717, 1.165) is 4.47 Å². The Morgan fingerprint density at radius 1 is 1.44 bits per heavy atom. The van der Waals surface area contributed by atoms with Gasteiger partial charge in [0.25, 0.3) is 0 Å². The molecule has 0 unspecified atom stereocenters. The van der Waals surface area contributed by atoms with Crippen molar-refractivity contribution in [2.45, 2.75) is 6.42 Å². The molecule has 0 aliphatic carbocycles. The highest BCUT2D eigenvalue weighted by Gasteiger charge is 2.07. The molecule has 2 amide bonds. The van der Waals surface area contributed by atoms with Gasteiger partial charge in [0, 0.05) is 11.0 Å². The Bertz CT molecular complexity index is 511. The van der Waals surface area contributed by atoms with Gasteiger partial charge in [-0.1, -0.05) is 15.9 Å². The topological polar surface area (TPSA) is 102 Å². The van der Waals surface area contributed by atoms with E-state index in [9.17, 15) is 9.59 Å². The van der Waals surface area contributed by atoms with Gasteiger partial charge < -0.3 is 15.7 Å². The molecule has 1 rings (SSSR count). The van der Waals surface area contributed by atoms with E-state index in [4.69, 9.17) is 10.4 Å². The third-order valence-corrected chi connectivity index (χ3v) is 2.47. The number of hydrogen-bond acceptors (Lipinski definition) is 3. The van der Waals surface area contributed by atoms with Crippen LogP contribution in [0.1, 0.15) is 12.0 Å². The number of nitrogens with zero attached hydrogens (tertiary/aromatic N) is 1. The molecule has 94 valence electrons. The van der Waals surface area contributed by atoms with Crippen molar-refractivity contribution in [1.82, 2.24) is 5.32 Å². The summed E-state index contributed by atoms with van der Waals surface area (Å²) in [7, 11) is 0. The molecule has 0 heterocycles. The largest absolute Gasteiger partial charge is 0.481 e. The standard InChI is InChI=1S/C11H10BrN3O3/c12-8-1-2-9(7(5-8)6-13)15-11(18)14-4-3-10(16)17/h1-2,5H,3-4H2,(H,16,17)(H2,14,15,18). The van der Waals surface area contributed by atoms with Crippen LogP contribution in [0.25, 0.3) is 0 Å². The first kappa shape index (κ1) is 14.0. The molecule has 0 aliphatic rings. The maximum Gasteiger partial charge on any atom is 0.319 e. The van der Waals surface area contributed by atoms with E-state index in [1.807, 2.05) is 6.07 Å². The van der Waals surface area contributed by atoms with E-state index in [-0.39, 0.29) is 13.0 Å². The molecule has 0 aromatic heterocycles. The molecular formula is C11H10BrN3O3. The van der Waals surface area contributed by atoms with Gasteiger partial charge in [0.1, 0.15) is 6.07 Å². The molecule has 0 fully saturated rings. The number of rotatable bonds is 4. The number of carbonyl (C=O) groups is 2. The van der Waals surface area contributed by atoms with Crippen molar-refractivity contribution in [3.05, 3.63) is 28.2 Å². The van der Waals surface area contributed by atoms with Gasteiger partial charge in [-0.15, -0.1) is 0 Å². The summed E-state index contributed by atoms with van der Waals surface area (Å²) in [6.07, 6.45) is -0.154. The Kier molecular flexibility index (Phi) is 5.14. The number of amides is 2. The number of urea groups is 1. The fourth-order valence-corrected chi connectivity index (χ4v) is 1.53. The molecule has 0 aliphatic heterocycles. The molecule has 0 saturated carbocycles. The normalized spacial score (nSPS) is 9.33. The third kappa shape index (κ3) is 4.43. The van der Waals surface area contributed by atoms with Gasteiger partial charge in [-0.3, -0.25) is 4.79 Å². The molecule has 3 N–H and O–H groups in total. The molecular weight excluding hydrogens is 302 g/mol. The number of halogens is 1. The van der Waals surface area contributed by atoms with Crippen LogP contribution in [0.15, 0.2) is 22.7 Å². The summed E-state index contributed by atoms with van der Waals surface area (Å²) in [5.74, 6) is -0.989. The lowest BCUT2D eigenvalue weighted by atomic mass is 10.2. The molecule has 1 aromatic rings. The number of carboxylic acids is 1. The van der Waals surface area contributed by atoms with Gasteiger partial charge in [-0.05, 0) is 18.2 Å². The zero-order valence-electron chi connectivity index (χ0n) is 9.24. The van der Waals surface area contributed by atoms with Gasteiger partial charge in [-0.25, -0.2) is 4.79 Å². The number of hydrogen-bond donors (Lipinski definition) is 3. The van der Waals surface area contributed by atoms with Gasteiger partial charge >= 0.3 is 12.0 Å². The molecule has 0 atom stereocenters.